The van der Waals surface area contributed by atoms with E-state index in [1.165, 1.54) is 24.0 Å². The van der Waals surface area contributed by atoms with Crippen LogP contribution < -0.4 is 11.1 Å². The van der Waals surface area contributed by atoms with Gasteiger partial charge in [-0.25, -0.2) is 0 Å². The molecule has 92 valence electrons. The molecule has 1 aliphatic carbocycles. The van der Waals surface area contributed by atoms with E-state index in [9.17, 15) is 4.79 Å². The molecule has 0 heterocycles. The van der Waals surface area contributed by atoms with Crippen LogP contribution in [0, 0.1) is 6.92 Å². The summed E-state index contributed by atoms with van der Waals surface area (Å²) in [7, 11) is 0. The lowest BCUT2D eigenvalue weighted by Crippen LogP contribution is -2.41. The Balaban J connectivity index is 1.76. The minimum atomic E-state index is -0.229. The van der Waals surface area contributed by atoms with E-state index in [2.05, 4.69) is 36.5 Å². The van der Waals surface area contributed by atoms with E-state index in [1.807, 2.05) is 0 Å². The van der Waals surface area contributed by atoms with Crippen molar-refractivity contribution in [3.05, 3.63) is 35.4 Å². The molecule has 3 nitrogen and oxygen atoms in total. The van der Waals surface area contributed by atoms with Crippen molar-refractivity contribution in [3.8, 4) is 0 Å². The fraction of sp³-hybridized carbons (Fsp3) is 0.500. The summed E-state index contributed by atoms with van der Waals surface area (Å²) >= 11 is 0. The zero-order valence-corrected chi connectivity index (χ0v) is 10.3. The molecule has 1 aliphatic rings. The quantitative estimate of drug-likeness (QED) is 0.812. The predicted molar refractivity (Wildman–Crippen MR) is 68.8 cm³/mol. The number of hydrogen-bond acceptors (Lipinski definition) is 2. The maximum absolute atomic E-state index is 10.6. The Kier molecular flexibility index (Phi) is 3.79. The van der Waals surface area contributed by atoms with E-state index < -0.39 is 0 Å². The van der Waals surface area contributed by atoms with Crippen LogP contribution in [0.5, 0.6) is 0 Å². The normalized spacial score (nSPS) is 23.1. The van der Waals surface area contributed by atoms with E-state index in [0.717, 1.165) is 0 Å². The van der Waals surface area contributed by atoms with Crippen molar-refractivity contribution in [2.45, 2.75) is 38.1 Å². The molecule has 0 aliphatic heterocycles. The van der Waals surface area contributed by atoms with Gasteiger partial charge in [-0.2, -0.15) is 0 Å². The highest BCUT2D eigenvalue weighted by molar-refractivity contribution is 5.73. The Labute approximate surface area is 102 Å². The number of hydrogen-bond donors (Lipinski definition) is 2. The molecule has 2 rings (SSSR count). The molecule has 1 fully saturated rings. The summed E-state index contributed by atoms with van der Waals surface area (Å²) in [6.07, 6.45) is 2.78. The Bertz CT molecular complexity index is 397. The van der Waals surface area contributed by atoms with Crippen molar-refractivity contribution in [2.24, 2.45) is 5.73 Å². The van der Waals surface area contributed by atoms with E-state index >= 15 is 0 Å². The van der Waals surface area contributed by atoms with Gasteiger partial charge >= 0.3 is 0 Å². The summed E-state index contributed by atoms with van der Waals surface area (Å²) in [5.74, 6) is 0.453. The van der Waals surface area contributed by atoms with E-state index in [1.54, 1.807) is 0 Å². The van der Waals surface area contributed by atoms with Gasteiger partial charge in [0.2, 0.25) is 5.91 Å². The first-order chi connectivity index (χ1) is 8.16. The minimum absolute atomic E-state index is 0.229. The van der Waals surface area contributed by atoms with Crippen molar-refractivity contribution >= 4 is 5.91 Å². The largest absolute Gasteiger partial charge is 0.370 e. The lowest BCUT2D eigenvalue weighted by Gasteiger charge is -2.37. The van der Waals surface area contributed by atoms with Gasteiger partial charge in [0.05, 0.1) is 0 Å². The molecule has 17 heavy (non-hydrogen) atoms. The van der Waals surface area contributed by atoms with Gasteiger partial charge in [0, 0.05) is 19.0 Å². The number of carbonyl (C=O) groups excluding carboxylic acids is 1. The smallest absolute Gasteiger partial charge is 0.218 e. The van der Waals surface area contributed by atoms with Crippen molar-refractivity contribution in [1.29, 1.82) is 0 Å². The average molecular weight is 232 g/mol. The average Bonchev–Trinajstić information content (AvgIpc) is 2.23. The van der Waals surface area contributed by atoms with Crippen LogP contribution in [-0.2, 0) is 4.79 Å². The van der Waals surface area contributed by atoms with Crippen LogP contribution in [0.3, 0.4) is 0 Å². The summed E-state index contributed by atoms with van der Waals surface area (Å²) in [6.45, 7) is 2.88. The van der Waals surface area contributed by atoms with Crippen LogP contribution in [0.25, 0.3) is 0 Å². The Morgan fingerprint density at radius 2 is 2.12 bits per heavy atom. The van der Waals surface area contributed by atoms with Gasteiger partial charge < -0.3 is 11.1 Å². The fourth-order valence-corrected chi connectivity index (χ4v) is 2.48. The van der Waals surface area contributed by atoms with Crippen LogP contribution >= 0.6 is 0 Å². The third kappa shape index (κ3) is 3.07. The Morgan fingerprint density at radius 3 is 2.76 bits per heavy atom. The molecule has 1 aromatic carbocycles. The van der Waals surface area contributed by atoms with Crippen LogP contribution in [0.2, 0.25) is 0 Å². The highest BCUT2D eigenvalue weighted by Crippen LogP contribution is 2.38. The van der Waals surface area contributed by atoms with Crippen molar-refractivity contribution < 1.29 is 4.79 Å². The van der Waals surface area contributed by atoms with Gasteiger partial charge in [0.25, 0.3) is 0 Å². The summed E-state index contributed by atoms with van der Waals surface area (Å²) in [5.41, 5.74) is 7.95. The van der Waals surface area contributed by atoms with Crippen molar-refractivity contribution in [3.63, 3.8) is 0 Å². The molecule has 0 atom stereocenters. The summed E-state index contributed by atoms with van der Waals surface area (Å²) in [4.78, 5) is 10.6. The van der Waals surface area contributed by atoms with Gasteiger partial charge in [-0.15, -0.1) is 0 Å². The van der Waals surface area contributed by atoms with E-state index in [4.69, 9.17) is 5.73 Å². The molecule has 1 amide bonds. The molecule has 0 unspecified atom stereocenters. The van der Waals surface area contributed by atoms with Gasteiger partial charge in [0.1, 0.15) is 0 Å². The van der Waals surface area contributed by atoms with E-state index in [-0.39, 0.29) is 5.91 Å². The SMILES string of the molecule is Cc1ccccc1C1CC(NCCC(N)=O)C1. The number of rotatable bonds is 5. The molecule has 0 aromatic heterocycles. The predicted octanol–water partition coefficient (Wildman–Crippen LogP) is 1.71. The number of benzene rings is 1. The first-order valence-electron chi connectivity index (χ1n) is 6.24. The van der Waals surface area contributed by atoms with Gasteiger partial charge in [0.15, 0.2) is 0 Å². The van der Waals surface area contributed by atoms with Crippen molar-refractivity contribution in [2.75, 3.05) is 6.54 Å². The third-order valence-electron chi connectivity index (χ3n) is 3.57. The molecule has 0 saturated heterocycles. The monoisotopic (exact) mass is 232 g/mol. The number of primary amides is 1. The lowest BCUT2D eigenvalue weighted by atomic mass is 9.74. The minimum Gasteiger partial charge on any atom is -0.370 e. The Morgan fingerprint density at radius 1 is 1.41 bits per heavy atom. The number of nitrogens with two attached hydrogens (primary N) is 1. The van der Waals surface area contributed by atoms with Crippen molar-refractivity contribution in [1.82, 2.24) is 5.32 Å². The number of aryl methyl sites for hydroxylation is 1. The molecule has 1 aromatic rings. The maximum Gasteiger partial charge on any atom is 0.218 e. The molecule has 0 spiro atoms. The lowest BCUT2D eigenvalue weighted by molar-refractivity contribution is -0.117. The fourth-order valence-electron chi connectivity index (χ4n) is 2.48. The highest BCUT2D eigenvalue weighted by atomic mass is 16.1. The standard InChI is InChI=1S/C14H20N2O/c1-10-4-2-3-5-13(10)11-8-12(9-11)16-7-6-14(15)17/h2-5,11-12,16H,6-9H2,1H3,(H2,15,17). The summed E-state index contributed by atoms with van der Waals surface area (Å²) < 4.78 is 0. The number of amides is 1. The molecule has 3 heteroatoms. The van der Waals surface area contributed by atoms with Crippen LogP contribution in [-0.4, -0.2) is 18.5 Å². The number of nitrogens with one attached hydrogen (secondary N) is 1. The summed E-state index contributed by atoms with van der Waals surface area (Å²) in [5, 5.41) is 3.37. The second-order valence-corrected chi connectivity index (χ2v) is 4.89. The molecule has 1 saturated carbocycles. The first kappa shape index (κ1) is 12.1. The van der Waals surface area contributed by atoms with Gasteiger partial charge in [-0.3, -0.25) is 4.79 Å². The van der Waals surface area contributed by atoms with E-state index in [0.29, 0.717) is 24.9 Å². The molecular weight excluding hydrogens is 212 g/mol. The molecule has 0 bridgehead atoms. The van der Waals surface area contributed by atoms with Crippen LogP contribution in [0.1, 0.15) is 36.3 Å². The second kappa shape index (κ2) is 5.32. The maximum atomic E-state index is 10.6. The van der Waals surface area contributed by atoms with Crippen LogP contribution in [0.4, 0.5) is 0 Å². The van der Waals surface area contributed by atoms with Crippen LogP contribution in [0.15, 0.2) is 24.3 Å². The molecular formula is C14H20N2O. The third-order valence-corrected chi connectivity index (χ3v) is 3.57. The second-order valence-electron chi connectivity index (χ2n) is 4.89. The van der Waals surface area contributed by atoms with Gasteiger partial charge in [-0.05, 0) is 36.8 Å². The highest BCUT2D eigenvalue weighted by Gasteiger charge is 2.30. The number of carbonyl (C=O) groups is 1. The zero-order valence-electron chi connectivity index (χ0n) is 10.3. The zero-order chi connectivity index (χ0) is 12.3. The topological polar surface area (TPSA) is 55.1 Å². The first-order valence-corrected chi connectivity index (χ1v) is 6.24. The summed E-state index contributed by atoms with van der Waals surface area (Å²) in [6, 6.07) is 9.14. The van der Waals surface area contributed by atoms with Gasteiger partial charge in [-0.1, -0.05) is 24.3 Å². The molecule has 0 radical (unpaired) electrons. The Hall–Kier alpha value is -1.35. The molecule has 3 N–H and O–H groups in total.